The Kier molecular flexibility index (Phi) is 5.65. The number of nitrogens with one attached hydrogen (secondary N) is 1. The van der Waals surface area contributed by atoms with Gasteiger partial charge in [-0.1, -0.05) is 6.92 Å². The molecule has 1 fully saturated rings. The molecule has 15 heavy (non-hydrogen) atoms. The lowest BCUT2D eigenvalue weighted by molar-refractivity contribution is -0.142. The molecule has 88 valence electrons. The Balaban J connectivity index is 2.15. The molecular formula is C11H22N2O2. The molecule has 0 aliphatic carbocycles. The fourth-order valence-corrected chi connectivity index (χ4v) is 1.87. The van der Waals surface area contributed by atoms with Gasteiger partial charge >= 0.3 is 0 Å². The number of carbonyl (C=O) groups is 1. The van der Waals surface area contributed by atoms with Crippen LogP contribution in [0.2, 0.25) is 0 Å². The molecule has 1 rings (SSSR count). The topological polar surface area (TPSA) is 41.6 Å². The van der Waals surface area contributed by atoms with E-state index in [4.69, 9.17) is 4.74 Å². The number of nitrogens with zero attached hydrogens (tertiary/aromatic N) is 1. The van der Waals surface area contributed by atoms with Gasteiger partial charge in [0.2, 0.25) is 5.91 Å². The molecule has 1 atom stereocenters. The van der Waals surface area contributed by atoms with Gasteiger partial charge in [0, 0.05) is 19.1 Å². The summed E-state index contributed by atoms with van der Waals surface area (Å²) in [7, 11) is 1.99. The third-order valence-corrected chi connectivity index (χ3v) is 2.97. The van der Waals surface area contributed by atoms with Crippen LogP contribution in [0.5, 0.6) is 0 Å². The van der Waals surface area contributed by atoms with E-state index < -0.39 is 0 Å². The lowest BCUT2D eigenvalue weighted by Gasteiger charge is -2.27. The molecule has 4 nitrogen and oxygen atoms in total. The first-order valence-corrected chi connectivity index (χ1v) is 5.80. The maximum atomic E-state index is 11.4. The monoisotopic (exact) mass is 214 g/mol. The molecule has 1 unspecified atom stereocenters. The predicted molar refractivity (Wildman–Crippen MR) is 59.8 cm³/mol. The van der Waals surface area contributed by atoms with Crippen molar-refractivity contribution in [1.29, 1.82) is 0 Å². The van der Waals surface area contributed by atoms with E-state index in [9.17, 15) is 4.79 Å². The first-order valence-electron chi connectivity index (χ1n) is 5.80. The largest absolute Gasteiger partial charge is 0.370 e. The number of amides is 1. The first-order chi connectivity index (χ1) is 7.27. The fraction of sp³-hybridized carbons (Fsp3) is 0.909. The van der Waals surface area contributed by atoms with Crippen LogP contribution in [0.15, 0.2) is 0 Å². The highest BCUT2D eigenvalue weighted by Crippen LogP contribution is 2.05. The molecule has 0 saturated carbocycles. The van der Waals surface area contributed by atoms with Crippen LogP contribution >= 0.6 is 0 Å². The Hall–Kier alpha value is -0.610. The summed E-state index contributed by atoms with van der Waals surface area (Å²) < 4.78 is 5.08. The smallest absolute Gasteiger partial charge is 0.248 e. The highest BCUT2D eigenvalue weighted by Gasteiger charge is 2.17. The zero-order valence-corrected chi connectivity index (χ0v) is 9.79. The third-order valence-electron chi connectivity index (χ3n) is 2.97. The van der Waals surface area contributed by atoms with Crippen LogP contribution in [0.4, 0.5) is 0 Å². The minimum absolute atomic E-state index is 0.138. The number of hydrogen-bond acceptors (Lipinski definition) is 3. The third kappa shape index (κ3) is 4.18. The number of hydrogen-bond donors (Lipinski definition) is 1. The highest BCUT2D eigenvalue weighted by atomic mass is 16.5. The minimum atomic E-state index is 0.138. The normalized spacial score (nSPS) is 19.3. The van der Waals surface area contributed by atoms with Crippen molar-refractivity contribution in [2.24, 2.45) is 0 Å². The van der Waals surface area contributed by atoms with Gasteiger partial charge in [0.1, 0.15) is 6.61 Å². The van der Waals surface area contributed by atoms with Crippen molar-refractivity contribution < 1.29 is 9.53 Å². The van der Waals surface area contributed by atoms with Gasteiger partial charge in [-0.2, -0.15) is 0 Å². The number of rotatable bonds is 6. The standard InChI is InChI=1S/C11H22N2O2/c1-3-10(12-2)5-4-6-13-7-8-15-9-11(13)14/h10,12H,3-9H2,1-2H3. The molecule has 1 amide bonds. The van der Waals surface area contributed by atoms with Gasteiger partial charge in [-0.15, -0.1) is 0 Å². The lowest BCUT2D eigenvalue weighted by Crippen LogP contribution is -2.42. The van der Waals surface area contributed by atoms with E-state index in [1.807, 2.05) is 11.9 Å². The van der Waals surface area contributed by atoms with E-state index in [1.165, 1.54) is 0 Å². The number of morpholine rings is 1. The first kappa shape index (κ1) is 12.5. The Labute approximate surface area is 92.0 Å². The van der Waals surface area contributed by atoms with E-state index in [-0.39, 0.29) is 12.5 Å². The van der Waals surface area contributed by atoms with Crippen molar-refractivity contribution in [1.82, 2.24) is 10.2 Å². The molecule has 1 aliphatic rings. The fourth-order valence-electron chi connectivity index (χ4n) is 1.87. The molecule has 0 spiro atoms. The predicted octanol–water partition coefficient (Wildman–Crippen LogP) is 0.623. The summed E-state index contributed by atoms with van der Waals surface area (Å²) in [4.78, 5) is 13.3. The summed E-state index contributed by atoms with van der Waals surface area (Å²) in [5.41, 5.74) is 0. The molecule has 0 radical (unpaired) electrons. The Bertz CT molecular complexity index is 193. The van der Waals surface area contributed by atoms with Crippen LogP contribution in [0, 0.1) is 0 Å². The van der Waals surface area contributed by atoms with Gasteiger partial charge < -0.3 is 15.0 Å². The van der Waals surface area contributed by atoms with Crippen molar-refractivity contribution in [3.05, 3.63) is 0 Å². The van der Waals surface area contributed by atoms with Crippen LogP contribution in [0.1, 0.15) is 26.2 Å². The van der Waals surface area contributed by atoms with Crippen LogP contribution in [0.3, 0.4) is 0 Å². The molecule has 1 saturated heterocycles. The van der Waals surface area contributed by atoms with Gasteiger partial charge in [-0.05, 0) is 26.3 Å². The van der Waals surface area contributed by atoms with E-state index >= 15 is 0 Å². The molecule has 0 aromatic rings. The molecule has 0 bridgehead atoms. The summed E-state index contributed by atoms with van der Waals surface area (Å²) in [5.74, 6) is 0.138. The van der Waals surface area contributed by atoms with E-state index in [1.54, 1.807) is 0 Å². The zero-order valence-electron chi connectivity index (χ0n) is 9.79. The van der Waals surface area contributed by atoms with Crippen LogP contribution in [-0.4, -0.2) is 50.2 Å². The van der Waals surface area contributed by atoms with Crippen molar-refractivity contribution >= 4 is 5.91 Å². The van der Waals surface area contributed by atoms with Crippen LogP contribution in [0.25, 0.3) is 0 Å². The number of carbonyl (C=O) groups excluding carboxylic acids is 1. The van der Waals surface area contributed by atoms with Crippen molar-refractivity contribution in [3.8, 4) is 0 Å². The summed E-state index contributed by atoms with van der Waals surface area (Å²) >= 11 is 0. The second kappa shape index (κ2) is 6.80. The van der Waals surface area contributed by atoms with Crippen LogP contribution < -0.4 is 5.32 Å². The Morgan fingerprint density at radius 3 is 3.00 bits per heavy atom. The summed E-state index contributed by atoms with van der Waals surface area (Å²) in [6.07, 6.45) is 3.36. The number of ether oxygens (including phenoxy) is 1. The van der Waals surface area contributed by atoms with Crippen molar-refractivity contribution in [2.45, 2.75) is 32.2 Å². The SMILES string of the molecule is CCC(CCCN1CCOCC1=O)NC. The molecule has 1 N–H and O–H groups in total. The molecule has 1 heterocycles. The molecule has 1 aliphatic heterocycles. The Morgan fingerprint density at radius 2 is 2.40 bits per heavy atom. The molecule has 4 heteroatoms. The zero-order chi connectivity index (χ0) is 11.1. The molecule has 0 aromatic carbocycles. The van der Waals surface area contributed by atoms with Gasteiger partial charge in [-0.3, -0.25) is 4.79 Å². The molecular weight excluding hydrogens is 192 g/mol. The van der Waals surface area contributed by atoms with E-state index in [2.05, 4.69) is 12.2 Å². The van der Waals surface area contributed by atoms with Gasteiger partial charge in [0.05, 0.1) is 6.61 Å². The highest BCUT2D eigenvalue weighted by molar-refractivity contribution is 5.77. The average Bonchev–Trinajstić information content (AvgIpc) is 2.27. The van der Waals surface area contributed by atoms with Crippen molar-refractivity contribution in [2.75, 3.05) is 33.4 Å². The second-order valence-electron chi connectivity index (χ2n) is 3.97. The molecule has 0 aromatic heterocycles. The van der Waals surface area contributed by atoms with E-state index in [0.29, 0.717) is 12.6 Å². The quantitative estimate of drug-likeness (QED) is 0.705. The maximum absolute atomic E-state index is 11.4. The van der Waals surface area contributed by atoms with Gasteiger partial charge in [0.15, 0.2) is 0 Å². The lowest BCUT2D eigenvalue weighted by atomic mass is 10.1. The summed E-state index contributed by atoms with van der Waals surface area (Å²) in [6, 6.07) is 0.584. The minimum Gasteiger partial charge on any atom is -0.370 e. The van der Waals surface area contributed by atoms with E-state index in [0.717, 1.165) is 32.4 Å². The van der Waals surface area contributed by atoms with Gasteiger partial charge in [0.25, 0.3) is 0 Å². The maximum Gasteiger partial charge on any atom is 0.248 e. The van der Waals surface area contributed by atoms with Gasteiger partial charge in [-0.25, -0.2) is 0 Å². The Morgan fingerprint density at radius 1 is 1.60 bits per heavy atom. The average molecular weight is 214 g/mol. The summed E-state index contributed by atoms with van der Waals surface area (Å²) in [5, 5.41) is 3.27. The second-order valence-corrected chi connectivity index (χ2v) is 3.97. The van der Waals surface area contributed by atoms with Crippen molar-refractivity contribution in [3.63, 3.8) is 0 Å². The summed E-state index contributed by atoms with van der Waals surface area (Å²) in [6.45, 7) is 4.77. The van der Waals surface area contributed by atoms with Crippen LogP contribution in [-0.2, 0) is 9.53 Å².